The van der Waals surface area contributed by atoms with Crippen molar-refractivity contribution in [1.29, 1.82) is 0 Å². The van der Waals surface area contributed by atoms with Crippen molar-refractivity contribution in [3.63, 3.8) is 0 Å². The third-order valence-corrected chi connectivity index (χ3v) is 15.1. The van der Waals surface area contributed by atoms with Gasteiger partial charge in [0.15, 0.2) is 0 Å². The van der Waals surface area contributed by atoms with E-state index >= 15 is 0 Å². The summed E-state index contributed by atoms with van der Waals surface area (Å²) in [5.41, 5.74) is 3.75. The molecule has 0 amide bonds. The van der Waals surface area contributed by atoms with Gasteiger partial charge in [0.2, 0.25) is 0 Å². The summed E-state index contributed by atoms with van der Waals surface area (Å²) in [5, 5.41) is 77.6. The summed E-state index contributed by atoms with van der Waals surface area (Å²) in [7, 11) is 5.50. The number of aliphatic hydroxyl groups excluding tert-OH is 5. The first kappa shape index (κ1) is 51.9. The molecule has 9 N–H and O–H groups in total. The molecule has 11 atom stereocenters. The maximum absolute atomic E-state index is 13.0. The van der Waals surface area contributed by atoms with E-state index in [1.807, 2.05) is 46.2 Å². The topological polar surface area (TPSA) is 193 Å². The zero-order chi connectivity index (χ0) is 46.5. The van der Waals surface area contributed by atoms with Crippen LogP contribution in [-0.2, 0) is 27.1 Å². The van der Waals surface area contributed by atoms with Gasteiger partial charge in [-0.25, -0.2) is 0 Å². The van der Waals surface area contributed by atoms with Crippen molar-refractivity contribution in [3.05, 3.63) is 106 Å². The van der Waals surface area contributed by atoms with Crippen LogP contribution in [0.5, 0.6) is 0 Å². The van der Waals surface area contributed by atoms with Gasteiger partial charge in [0.1, 0.15) is 18.6 Å². The van der Waals surface area contributed by atoms with Crippen LogP contribution in [0.1, 0.15) is 76.3 Å². The summed E-state index contributed by atoms with van der Waals surface area (Å²) in [6.45, 7) is 9.68. The molecule has 356 valence electrons. The monoisotopic (exact) mass is 890 g/mol. The van der Waals surface area contributed by atoms with Crippen LogP contribution in [0.15, 0.2) is 95.2 Å². The standard InChI is InChI=1S/C52H79N3O9/c1-35(41-14-13-36(2)49(61)55-50(20-23-53-4,22-26-63-6)29-39-11-8-10-38(27-39)28-41)9-7-12-43(33-64-34-44(59)32-58)45-17-19-52(48(45)60)47-40(18-25-56)15-16-42(46(47)37(3)31-57)30-51(52,62)21-24-54-5/h7-13,15-16,27,31,40-42,44-45,47-49,53-56,58-62H,1,14,17-26,28-30,32-34H2,2-6H3/b9-7+,36-13+,43-12-,46-37?/t40-,41-,42-,44+,45-,47-,48+,49+,50-,51+,52+/m0/s1. The molecule has 0 saturated heterocycles. The number of benzene rings is 1. The van der Waals surface area contributed by atoms with E-state index < -0.39 is 42.0 Å². The summed E-state index contributed by atoms with van der Waals surface area (Å²) < 4.78 is 11.5. The highest BCUT2D eigenvalue weighted by Gasteiger charge is 2.68. The van der Waals surface area contributed by atoms with E-state index in [-0.39, 0.29) is 49.0 Å². The number of carbonyl (C=O) groups is 1. The van der Waals surface area contributed by atoms with Gasteiger partial charge in [0, 0.05) is 43.1 Å². The second-order valence-corrected chi connectivity index (χ2v) is 19.2. The van der Waals surface area contributed by atoms with Gasteiger partial charge in [0.05, 0.1) is 31.5 Å². The largest absolute Gasteiger partial charge is 0.396 e. The lowest BCUT2D eigenvalue weighted by Gasteiger charge is -2.61. The first-order valence-corrected chi connectivity index (χ1v) is 23.5. The Balaban J connectivity index is 1.50. The Morgan fingerprint density at radius 3 is 2.55 bits per heavy atom. The van der Waals surface area contributed by atoms with Gasteiger partial charge in [-0.15, -0.1) is 0 Å². The number of allylic oxidation sites excluding steroid dienone is 9. The maximum atomic E-state index is 13.0. The molecule has 12 heteroatoms. The molecule has 0 unspecified atom stereocenters. The number of methoxy groups -OCH3 is 1. The second kappa shape index (κ2) is 24.1. The van der Waals surface area contributed by atoms with Crippen LogP contribution in [0.2, 0.25) is 0 Å². The number of hydrogen-bond donors (Lipinski definition) is 9. The molecule has 12 nitrogen and oxygen atoms in total. The van der Waals surface area contributed by atoms with E-state index in [9.17, 15) is 35.4 Å². The minimum Gasteiger partial charge on any atom is -0.396 e. The quantitative estimate of drug-likeness (QED) is 0.0370. The van der Waals surface area contributed by atoms with E-state index in [1.165, 1.54) is 11.1 Å². The fourth-order valence-corrected chi connectivity index (χ4v) is 11.6. The fraction of sp³-hybridized carbons (Fsp3) is 0.635. The number of fused-ring (bicyclic) bond motifs is 5. The second-order valence-electron chi connectivity index (χ2n) is 19.2. The molecule has 0 aromatic heterocycles. The molecule has 2 saturated carbocycles. The molecule has 1 heterocycles. The van der Waals surface area contributed by atoms with Gasteiger partial charge in [-0.3, -0.25) is 10.1 Å². The Morgan fingerprint density at radius 1 is 1.09 bits per heavy atom. The predicted octanol–water partition coefficient (Wildman–Crippen LogP) is 4.26. The first-order chi connectivity index (χ1) is 30.7. The lowest BCUT2D eigenvalue weighted by molar-refractivity contribution is -0.194. The molecule has 1 aliphatic heterocycles. The van der Waals surface area contributed by atoms with Crippen LogP contribution < -0.4 is 16.0 Å². The molecule has 5 rings (SSSR count). The van der Waals surface area contributed by atoms with Crippen LogP contribution in [-0.4, -0.2) is 134 Å². The Kier molecular flexibility index (Phi) is 19.5. The highest BCUT2D eigenvalue weighted by Crippen LogP contribution is 2.67. The van der Waals surface area contributed by atoms with Crippen molar-refractivity contribution in [2.24, 2.45) is 35.0 Å². The van der Waals surface area contributed by atoms with Crippen molar-refractivity contribution in [1.82, 2.24) is 16.0 Å². The third-order valence-electron chi connectivity index (χ3n) is 15.1. The normalized spacial score (nSPS) is 34.3. The SMILES string of the molecule is C=C(/C=C/C=C(/COC[C@H](O)CO)[C@@H]1CC[C@]2([C@@H]1O)[C@@H]1C(=C(C)C=O)[C@@H](C=C[C@H]1CCO)C[C@]2(O)CCNC)[C@H]1C/C=C(\C)[C@@H](O)N[C@@](CCNC)(CCOC)Cc2cccc(c2)C1. The van der Waals surface area contributed by atoms with Crippen LogP contribution in [0, 0.1) is 35.0 Å². The third kappa shape index (κ3) is 11.9. The Morgan fingerprint density at radius 2 is 1.84 bits per heavy atom. The van der Waals surface area contributed by atoms with Crippen molar-refractivity contribution in [2.45, 2.75) is 108 Å². The molecule has 2 fully saturated rings. The van der Waals surface area contributed by atoms with Gasteiger partial charge in [-0.2, -0.15) is 0 Å². The molecule has 4 aliphatic rings. The van der Waals surface area contributed by atoms with Crippen molar-refractivity contribution < 1.29 is 44.9 Å². The summed E-state index contributed by atoms with van der Waals surface area (Å²) in [6, 6.07) is 8.68. The number of hydrogen-bond acceptors (Lipinski definition) is 12. The summed E-state index contributed by atoms with van der Waals surface area (Å²) in [5.74, 6) is -1.15. The minimum absolute atomic E-state index is 0.00945. The van der Waals surface area contributed by atoms with Gasteiger partial charge < -0.3 is 50.7 Å². The van der Waals surface area contributed by atoms with Crippen LogP contribution in [0.4, 0.5) is 0 Å². The van der Waals surface area contributed by atoms with Crippen LogP contribution in [0.25, 0.3) is 0 Å². The summed E-state index contributed by atoms with van der Waals surface area (Å²) >= 11 is 0. The van der Waals surface area contributed by atoms with Crippen LogP contribution in [0.3, 0.4) is 0 Å². The number of aldehydes is 1. The van der Waals surface area contributed by atoms with E-state index in [4.69, 9.17) is 9.47 Å². The minimum atomic E-state index is -1.29. The van der Waals surface area contributed by atoms with Gasteiger partial charge in [-0.05, 0) is 151 Å². The highest BCUT2D eigenvalue weighted by molar-refractivity contribution is 5.74. The molecule has 4 bridgehead atoms. The lowest BCUT2D eigenvalue weighted by atomic mass is 9.45. The highest BCUT2D eigenvalue weighted by atomic mass is 16.5. The number of carbonyl (C=O) groups excluding carboxylic acids is 1. The van der Waals surface area contributed by atoms with Gasteiger partial charge >= 0.3 is 0 Å². The predicted molar refractivity (Wildman–Crippen MR) is 252 cm³/mol. The fourth-order valence-electron chi connectivity index (χ4n) is 11.6. The smallest absolute Gasteiger partial charge is 0.145 e. The molecule has 3 aliphatic carbocycles. The number of nitrogens with one attached hydrogen (secondary N) is 3. The van der Waals surface area contributed by atoms with Crippen molar-refractivity contribution in [2.75, 3.05) is 67.3 Å². The Labute approximate surface area is 382 Å². The molecule has 64 heavy (non-hydrogen) atoms. The van der Waals surface area contributed by atoms with E-state index in [1.54, 1.807) is 7.11 Å². The molecular weight excluding hydrogens is 811 g/mol. The van der Waals surface area contributed by atoms with E-state index in [0.717, 1.165) is 60.8 Å². The number of ether oxygens (including phenoxy) is 2. The zero-order valence-electron chi connectivity index (χ0n) is 39.1. The van der Waals surface area contributed by atoms with Gasteiger partial charge in [0.25, 0.3) is 0 Å². The van der Waals surface area contributed by atoms with E-state index in [0.29, 0.717) is 57.2 Å². The van der Waals surface area contributed by atoms with E-state index in [2.05, 4.69) is 65.0 Å². The van der Waals surface area contributed by atoms with Gasteiger partial charge in [-0.1, -0.05) is 78.4 Å². The number of aliphatic hydroxyl groups is 6. The number of rotatable bonds is 21. The lowest BCUT2D eigenvalue weighted by Crippen LogP contribution is -2.65. The molecule has 1 spiro atoms. The molecule has 1 aromatic rings. The Bertz CT molecular complexity index is 1850. The molecule has 1 aromatic carbocycles. The maximum Gasteiger partial charge on any atom is 0.145 e. The average molecular weight is 890 g/mol. The summed E-state index contributed by atoms with van der Waals surface area (Å²) in [4.78, 5) is 12.5. The Hall–Kier alpha value is -3.11. The summed E-state index contributed by atoms with van der Waals surface area (Å²) in [6.07, 6.45) is 16.0. The van der Waals surface area contributed by atoms with Crippen LogP contribution >= 0.6 is 0 Å². The van der Waals surface area contributed by atoms with Crippen molar-refractivity contribution >= 4 is 6.29 Å². The average Bonchev–Trinajstić information content (AvgIpc) is 3.63. The van der Waals surface area contributed by atoms with Crippen molar-refractivity contribution in [3.8, 4) is 0 Å². The molecule has 0 radical (unpaired) electrons. The molecular formula is C52H79N3O9. The first-order valence-electron chi connectivity index (χ1n) is 23.5. The zero-order valence-corrected chi connectivity index (χ0v) is 39.1.